The number of aryl methyl sites for hydroxylation is 4. The van der Waals surface area contributed by atoms with Gasteiger partial charge in [-0.15, -0.1) is 0 Å². The van der Waals surface area contributed by atoms with Crippen molar-refractivity contribution in [2.45, 2.75) is 27.7 Å². The molecule has 0 N–H and O–H groups in total. The van der Waals surface area contributed by atoms with Gasteiger partial charge in [-0.3, -0.25) is 0 Å². The smallest absolute Gasteiger partial charge is 0.0541 e. The Labute approximate surface area is 434 Å². The van der Waals surface area contributed by atoms with Gasteiger partial charge in [-0.25, -0.2) is 0 Å². The van der Waals surface area contributed by atoms with Crippen LogP contribution in [0, 0.1) is 27.7 Å². The number of rotatable bonds is 12. The van der Waals surface area contributed by atoms with Gasteiger partial charge in [0.25, 0.3) is 0 Å². The molecule has 0 saturated heterocycles. The Bertz CT molecular complexity index is 3660. The molecule has 0 bridgehead atoms. The minimum atomic E-state index is 1.06. The van der Waals surface area contributed by atoms with Crippen LogP contribution in [0.2, 0.25) is 0 Å². The number of para-hydroxylation sites is 3. The van der Waals surface area contributed by atoms with Crippen molar-refractivity contribution in [3.63, 3.8) is 0 Å². The first-order valence-corrected chi connectivity index (χ1v) is 25.5. The number of aromatic nitrogens is 1. The topological polar surface area (TPSA) is 14.7 Å². The van der Waals surface area contributed by atoms with Gasteiger partial charge in [0.05, 0.1) is 11.0 Å². The summed E-state index contributed by atoms with van der Waals surface area (Å²) in [4.78, 5) is 7.12. The van der Waals surface area contributed by atoms with E-state index in [-0.39, 0.29) is 0 Å². The van der Waals surface area contributed by atoms with Crippen LogP contribution in [0.1, 0.15) is 22.3 Å². The van der Waals surface area contributed by atoms with Crippen molar-refractivity contribution in [1.82, 2.24) is 4.57 Å². The lowest BCUT2D eigenvalue weighted by molar-refractivity contribution is 1.18. The van der Waals surface area contributed by atoms with Crippen LogP contribution >= 0.6 is 0 Å². The van der Waals surface area contributed by atoms with E-state index in [2.05, 4.69) is 314 Å². The van der Waals surface area contributed by atoms with E-state index in [1.807, 2.05) is 0 Å². The van der Waals surface area contributed by atoms with Gasteiger partial charge in [-0.1, -0.05) is 150 Å². The summed E-state index contributed by atoms with van der Waals surface area (Å²) in [7, 11) is 0. The van der Waals surface area contributed by atoms with Crippen molar-refractivity contribution in [3.8, 4) is 27.9 Å². The van der Waals surface area contributed by atoms with E-state index in [4.69, 9.17) is 0 Å². The van der Waals surface area contributed by atoms with Crippen LogP contribution in [-0.4, -0.2) is 4.57 Å². The molecular weight excluding hydrogens is 897 g/mol. The molecule has 0 unspecified atom stereocenters. The highest BCUT2D eigenvalue weighted by molar-refractivity contribution is 6.12. The SMILES string of the molecule is Cc1ccc(N(c2ccc(C)cc2)c2cc(-c3ccc4c(c3)c3cc(-c5cccc(N(c6ccccc6)c6ccccc6)c5)ccc3n4-c3ccccc3)cc(N(c3ccc(C)cc3)c3ccc(C)cc3)c2)cc1. The molecule has 356 valence electrons. The molecule has 0 aliphatic rings. The quantitative estimate of drug-likeness (QED) is 0.121. The standard InChI is InChI=1S/C70H56N4/c1-49-23-33-60(34-24-49)72(61-35-25-50(2)26-36-61)65-44-56(45-66(48-65)73(62-37-27-51(3)28-38-62)63-39-29-52(4)30-40-63)55-32-42-70-68(47-55)67-46-54(31-41-69(67)74(70)59-20-12-7-13-21-59)53-15-14-22-64(43-53)71(57-16-8-5-9-17-57)58-18-10-6-11-19-58/h5-48H,1-4H3. The van der Waals surface area contributed by atoms with Gasteiger partial charge in [0, 0.05) is 67.6 Å². The van der Waals surface area contributed by atoms with E-state index in [1.54, 1.807) is 0 Å². The van der Waals surface area contributed by atoms with E-state index in [9.17, 15) is 0 Å². The van der Waals surface area contributed by atoms with Crippen LogP contribution < -0.4 is 14.7 Å². The molecule has 4 nitrogen and oxygen atoms in total. The van der Waals surface area contributed by atoms with Gasteiger partial charge in [-0.05, 0) is 189 Å². The van der Waals surface area contributed by atoms with Gasteiger partial charge < -0.3 is 19.3 Å². The van der Waals surface area contributed by atoms with Gasteiger partial charge in [0.15, 0.2) is 0 Å². The maximum atomic E-state index is 2.41. The summed E-state index contributed by atoms with van der Waals surface area (Å²) in [6, 6.07) is 97.5. The molecule has 0 spiro atoms. The molecule has 1 heterocycles. The third-order valence-electron chi connectivity index (χ3n) is 14.2. The third-order valence-corrected chi connectivity index (χ3v) is 14.2. The lowest BCUT2D eigenvalue weighted by Crippen LogP contribution is -2.13. The third kappa shape index (κ3) is 8.99. The van der Waals surface area contributed by atoms with E-state index in [1.165, 1.54) is 33.0 Å². The number of hydrogen-bond acceptors (Lipinski definition) is 3. The first-order chi connectivity index (χ1) is 36.3. The minimum absolute atomic E-state index is 1.06. The summed E-state index contributed by atoms with van der Waals surface area (Å²) in [5.41, 5.74) is 22.6. The Morgan fingerprint density at radius 1 is 0.230 bits per heavy atom. The molecule has 0 aliphatic heterocycles. The maximum Gasteiger partial charge on any atom is 0.0541 e. The fourth-order valence-electron chi connectivity index (χ4n) is 10.4. The van der Waals surface area contributed by atoms with Crippen molar-refractivity contribution in [2.24, 2.45) is 0 Å². The summed E-state index contributed by atoms with van der Waals surface area (Å²) >= 11 is 0. The molecule has 11 aromatic carbocycles. The second-order valence-corrected chi connectivity index (χ2v) is 19.4. The summed E-state index contributed by atoms with van der Waals surface area (Å²) in [5, 5.41) is 2.37. The van der Waals surface area contributed by atoms with Crippen molar-refractivity contribution < 1.29 is 0 Å². The molecule has 1 aromatic heterocycles. The molecule has 0 fully saturated rings. The molecule has 0 aliphatic carbocycles. The number of fused-ring (bicyclic) bond motifs is 3. The first-order valence-electron chi connectivity index (χ1n) is 25.5. The number of benzene rings is 11. The van der Waals surface area contributed by atoms with Gasteiger partial charge in [0.2, 0.25) is 0 Å². The zero-order chi connectivity index (χ0) is 50.1. The van der Waals surface area contributed by atoms with Crippen LogP contribution in [0.5, 0.6) is 0 Å². The zero-order valence-corrected chi connectivity index (χ0v) is 42.2. The van der Waals surface area contributed by atoms with Crippen LogP contribution in [0.3, 0.4) is 0 Å². The predicted molar refractivity (Wildman–Crippen MR) is 315 cm³/mol. The lowest BCUT2D eigenvalue weighted by atomic mass is 9.98. The summed E-state index contributed by atoms with van der Waals surface area (Å²) in [5.74, 6) is 0. The van der Waals surface area contributed by atoms with E-state index >= 15 is 0 Å². The average Bonchev–Trinajstić information content (AvgIpc) is 3.79. The van der Waals surface area contributed by atoms with Crippen molar-refractivity contribution in [3.05, 3.63) is 289 Å². The summed E-state index contributed by atoms with van der Waals surface area (Å²) < 4.78 is 2.41. The minimum Gasteiger partial charge on any atom is -0.310 e. The monoisotopic (exact) mass is 952 g/mol. The highest BCUT2D eigenvalue weighted by Crippen LogP contribution is 2.45. The molecule has 0 amide bonds. The Morgan fingerprint density at radius 3 is 0.973 bits per heavy atom. The second kappa shape index (κ2) is 19.7. The molecule has 0 saturated carbocycles. The van der Waals surface area contributed by atoms with Crippen molar-refractivity contribution in [2.75, 3.05) is 14.7 Å². The lowest BCUT2D eigenvalue weighted by Gasteiger charge is -2.30. The Morgan fingerprint density at radius 2 is 0.554 bits per heavy atom. The van der Waals surface area contributed by atoms with E-state index < -0.39 is 0 Å². The molecule has 12 aromatic rings. The molecular formula is C70H56N4. The second-order valence-electron chi connectivity index (χ2n) is 19.4. The van der Waals surface area contributed by atoms with Crippen LogP contribution in [0.15, 0.2) is 267 Å². The van der Waals surface area contributed by atoms with Gasteiger partial charge in [-0.2, -0.15) is 0 Å². The molecule has 0 radical (unpaired) electrons. The van der Waals surface area contributed by atoms with E-state index in [0.717, 1.165) is 90.2 Å². The van der Waals surface area contributed by atoms with Crippen molar-refractivity contribution >= 4 is 73.0 Å². The highest BCUT2D eigenvalue weighted by atomic mass is 15.2. The largest absolute Gasteiger partial charge is 0.310 e. The maximum absolute atomic E-state index is 2.41. The van der Waals surface area contributed by atoms with Crippen LogP contribution in [0.25, 0.3) is 49.7 Å². The Hall–Kier alpha value is -9.38. The Balaban J connectivity index is 1.07. The first kappa shape index (κ1) is 45.7. The van der Waals surface area contributed by atoms with Crippen molar-refractivity contribution in [1.29, 1.82) is 0 Å². The normalized spacial score (nSPS) is 11.2. The molecule has 0 atom stereocenters. The Kier molecular flexibility index (Phi) is 12.2. The van der Waals surface area contributed by atoms with Gasteiger partial charge >= 0.3 is 0 Å². The highest BCUT2D eigenvalue weighted by Gasteiger charge is 2.22. The summed E-state index contributed by atoms with van der Waals surface area (Å²) in [6.45, 7) is 8.60. The van der Waals surface area contributed by atoms with Crippen LogP contribution in [0.4, 0.5) is 51.2 Å². The molecule has 12 rings (SSSR count). The molecule has 74 heavy (non-hydrogen) atoms. The van der Waals surface area contributed by atoms with Gasteiger partial charge in [0.1, 0.15) is 0 Å². The number of anilines is 9. The number of nitrogens with zero attached hydrogens (tertiary/aromatic N) is 4. The number of hydrogen-bond donors (Lipinski definition) is 0. The zero-order valence-electron chi connectivity index (χ0n) is 42.2. The fraction of sp³-hybridized carbons (Fsp3) is 0.0571. The predicted octanol–water partition coefficient (Wildman–Crippen LogP) is 19.8. The van der Waals surface area contributed by atoms with E-state index in [0.29, 0.717) is 0 Å². The molecule has 4 heteroatoms. The van der Waals surface area contributed by atoms with Crippen LogP contribution in [-0.2, 0) is 0 Å². The fourth-order valence-corrected chi connectivity index (χ4v) is 10.4. The summed E-state index contributed by atoms with van der Waals surface area (Å²) in [6.07, 6.45) is 0. The average molecular weight is 953 g/mol.